The number of hydrogen-bond acceptors (Lipinski definition) is 5. The summed E-state index contributed by atoms with van der Waals surface area (Å²) in [5, 5.41) is 10.4. The predicted molar refractivity (Wildman–Crippen MR) is 116 cm³/mol. The van der Waals surface area contributed by atoms with Gasteiger partial charge in [0.15, 0.2) is 11.0 Å². The Morgan fingerprint density at radius 2 is 1.79 bits per heavy atom. The number of hydrogen-bond donors (Lipinski definition) is 0. The summed E-state index contributed by atoms with van der Waals surface area (Å²) >= 11 is 7.69. The van der Waals surface area contributed by atoms with Crippen molar-refractivity contribution in [1.29, 1.82) is 0 Å². The van der Waals surface area contributed by atoms with E-state index in [4.69, 9.17) is 16.3 Å². The van der Waals surface area contributed by atoms with Crippen LogP contribution in [0.15, 0.2) is 53.7 Å². The smallest absolute Gasteiger partial charge is 0.195 e. The lowest BCUT2D eigenvalue weighted by Crippen LogP contribution is -2.20. The van der Waals surface area contributed by atoms with Crippen LogP contribution in [0.3, 0.4) is 0 Å². The molecule has 0 spiro atoms. The Labute approximate surface area is 179 Å². The maximum absolute atomic E-state index is 12.9. The molecular formula is C21H24ClFN4OS. The molecule has 0 amide bonds. The van der Waals surface area contributed by atoms with Gasteiger partial charge in [-0.2, -0.15) is 0 Å². The number of aromatic nitrogens is 3. The zero-order valence-corrected chi connectivity index (χ0v) is 18.3. The first kappa shape index (κ1) is 21.6. The van der Waals surface area contributed by atoms with Crippen LogP contribution >= 0.6 is 23.4 Å². The van der Waals surface area contributed by atoms with Crippen molar-refractivity contribution in [3.63, 3.8) is 0 Å². The molecule has 1 atom stereocenters. The molecule has 0 aliphatic heterocycles. The van der Waals surface area contributed by atoms with Crippen LogP contribution in [0.2, 0.25) is 5.02 Å². The quantitative estimate of drug-likeness (QED) is 0.340. The Balaban J connectivity index is 1.66. The van der Waals surface area contributed by atoms with Crippen molar-refractivity contribution in [2.24, 2.45) is 0 Å². The highest BCUT2D eigenvalue weighted by Crippen LogP contribution is 2.28. The molecular weight excluding hydrogens is 411 g/mol. The molecule has 3 aromatic rings. The Bertz CT molecular complexity index is 915. The summed E-state index contributed by atoms with van der Waals surface area (Å²) in [6, 6.07) is 13.8. The molecule has 0 saturated heterocycles. The zero-order chi connectivity index (χ0) is 20.8. The van der Waals surface area contributed by atoms with E-state index in [-0.39, 0.29) is 11.9 Å². The molecule has 0 fully saturated rings. The third-order valence-corrected chi connectivity index (χ3v) is 5.76. The average molecular weight is 435 g/mol. The van der Waals surface area contributed by atoms with Gasteiger partial charge in [0.25, 0.3) is 0 Å². The van der Waals surface area contributed by atoms with Gasteiger partial charge in [0.1, 0.15) is 11.6 Å². The van der Waals surface area contributed by atoms with Gasteiger partial charge in [0.2, 0.25) is 0 Å². The van der Waals surface area contributed by atoms with E-state index in [9.17, 15) is 4.39 Å². The van der Waals surface area contributed by atoms with Crippen LogP contribution in [-0.4, -0.2) is 46.1 Å². The molecule has 0 aliphatic rings. The maximum atomic E-state index is 12.9. The molecule has 3 rings (SSSR count). The first-order chi connectivity index (χ1) is 14.0. The van der Waals surface area contributed by atoms with Gasteiger partial charge < -0.3 is 4.74 Å². The zero-order valence-electron chi connectivity index (χ0n) is 16.7. The highest BCUT2D eigenvalue weighted by atomic mass is 35.5. The molecule has 29 heavy (non-hydrogen) atoms. The SMILES string of the molecule is CC(c1nnc(SCCCOc2ccc(F)cc2)n1-c1ccc(Cl)cc1)N(C)C. The van der Waals surface area contributed by atoms with E-state index < -0.39 is 0 Å². The largest absolute Gasteiger partial charge is 0.494 e. The Morgan fingerprint density at radius 3 is 2.45 bits per heavy atom. The second kappa shape index (κ2) is 10.1. The number of ether oxygens (including phenoxy) is 1. The van der Waals surface area contributed by atoms with Crippen LogP contribution in [0.1, 0.15) is 25.2 Å². The number of benzene rings is 2. The molecule has 154 valence electrons. The second-order valence-electron chi connectivity index (χ2n) is 6.80. The molecule has 0 N–H and O–H groups in total. The van der Waals surface area contributed by atoms with Crippen molar-refractivity contribution in [1.82, 2.24) is 19.7 Å². The van der Waals surface area contributed by atoms with Crippen molar-refractivity contribution in [3.8, 4) is 11.4 Å². The standard InChI is InChI=1S/C21H24ClFN4OS/c1-15(26(2)3)20-24-25-21(27(20)18-9-5-16(22)6-10-18)29-14-4-13-28-19-11-7-17(23)8-12-19/h5-12,15H,4,13-14H2,1-3H3. The summed E-state index contributed by atoms with van der Waals surface area (Å²) in [6.07, 6.45) is 0.827. The lowest BCUT2D eigenvalue weighted by molar-refractivity contribution is 0.305. The van der Waals surface area contributed by atoms with E-state index in [1.165, 1.54) is 12.1 Å². The van der Waals surface area contributed by atoms with Gasteiger partial charge in [-0.3, -0.25) is 9.47 Å². The van der Waals surface area contributed by atoms with Gasteiger partial charge in [0.05, 0.1) is 12.6 Å². The average Bonchev–Trinajstić information content (AvgIpc) is 3.12. The van der Waals surface area contributed by atoms with Crippen molar-refractivity contribution in [2.45, 2.75) is 24.5 Å². The number of rotatable bonds is 9. The van der Waals surface area contributed by atoms with Crippen LogP contribution in [0, 0.1) is 5.82 Å². The van der Waals surface area contributed by atoms with Crippen molar-refractivity contribution < 1.29 is 9.13 Å². The minimum absolute atomic E-state index is 0.106. The molecule has 0 radical (unpaired) electrons. The van der Waals surface area contributed by atoms with Gasteiger partial charge in [0, 0.05) is 16.5 Å². The minimum Gasteiger partial charge on any atom is -0.494 e. The Morgan fingerprint density at radius 1 is 1.10 bits per heavy atom. The van der Waals surface area contributed by atoms with Crippen molar-refractivity contribution in [3.05, 3.63) is 65.2 Å². The highest BCUT2D eigenvalue weighted by molar-refractivity contribution is 7.99. The fourth-order valence-corrected chi connectivity index (χ4v) is 3.65. The van der Waals surface area contributed by atoms with E-state index in [0.717, 1.165) is 28.8 Å². The van der Waals surface area contributed by atoms with Crippen molar-refractivity contribution >= 4 is 23.4 Å². The Kier molecular flexibility index (Phi) is 7.52. The van der Waals surface area contributed by atoms with E-state index in [0.29, 0.717) is 17.4 Å². The second-order valence-corrected chi connectivity index (χ2v) is 8.30. The van der Waals surface area contributed by atoms with E-state index in [1.807, 2.05) is 38.4 Å². The number of halogens is 2. The molecule has 0 bridgehead atoms. The molecule has 5 nitrogen and oxygen atoms in total. The van der Waals surface area contributed by atoms with Crippen LogP contribution in [0.5, 0.6) is 5.75 Å². The lowest BCUT2D eigenvalue weighted by Gasteiger charge is -2.20. The third-order valence-electron chi connectivity index (χ3n) is 4.49. The molecule has 1 unspecified atom stereocenters. The van der Waals surface area contributed by atoms with E-state index in [2.05, 4.69) is 26.6 Å². The first-order valence-electron chi connectivity index (χ1n) is 9.34. The fraction of sp³-hybridized carbons (Fsp3) is 0.333. The molecule has 1 heterocycles. The van der Waals surface area contributed by atoms with E-state index in [1.54, 1.807) is 23.9 Å². The number of nitrogens with zero attached hydrogens (tertiary/aromatic N) is 4. The highest BCUT2D eigenvalue weighted by Gasteiger charge is 2.20. The van der Waals surface area contributed by atoms with E-state index >= 15 is 0 Å². The topological polar surface area (TPSA) is 43.2 Å². The van der Waals surface area contributed by atoms with Gasteiger partial charge >= 0.3 is 0 Å². The number of thioether (sulfide) groups is 1. The first-order valence-corrected chi connectivity index (χ1v) is 10.7. The monoisotopic (exact) mass is 434 g/mol. The molecule has 8 heteroatoms. The van der Waals surface area contributed by atoms with Gasteiger partial charge in [-0.05, 0) is 76.0 Å². The van der Waals surface area contributed by atoms with Crippen LogP contribution in [0.4, 0.5) is 4.39 Å². The summed E-state index contributed by atoms with van der Waals surface area (Å²) in [5.74, 6) is 2.10. The summed E-state index contributed by atoms with van der Waals surface area (Å²) in [7, 11) is 4.04. The molecule has 0 saturated carbocycles. The normalized spacial score (nSPS) is 12.3. The van der Waals surface area contributed by atoms with Crippen molar-refractivity contribution in [2.75, 3.05) is 26.5 Å². The summed E-state index contributed by atoms with van der Waals surface area (Å²) in [4.78, 5) is 2.10. The third kappa shape index (κ3) is 5.72. The Hall–Kier alpha value is -2.09. The fourth-order valence-electron chi connectivity index (χ4n) is 2.65. The summed E-state index contributed by atoms with van der Waals surface area (Å²) in [6.45, 7) is 2.65. The summed E-state index contributed by atoms with van der Waals surface area (Å²) in [5.41, 5.74) is 0.980. The van der Waals surface area contributed by atoms with Gasteiger partial charge in [-0.25, -0.2) is 4.39 Å². The van der Waals surface area contributed by atoms with Gasteiger partial charge in [-0.1, -0.05) is 23.4 Å². The summed E-state index contributed by atoms with van der Waals surface area (Å²) < 4.78 is 20.7. The molecule has 1 aromatic heterocycles. The molecule has 2 aromatic carbocycles. The van der Waals surface area contributed by atoms with Crippen LogP contribution in [-0.2, 0) is 0 Å². The van der Waals surface area contributed by atoms with Crippen LogP contribution < -0.4 is 4.74 Å². The van der Waals surface area contributed by atoms with Gasteiger partial charge in [-0.15, -0.1) is 10.2 Å². The van der Waals surface area contributed by atoms with Crippen LogP contribution in [0.25, 0.3) is 5.69 Å². The predicted octanol–water partition coefficient (Wildman–Crippen LogP) is 5.24. The minimum atomic E-state index is -0.266. The molecule has 0 aliphatic carbocycles. The lowest BCUT2D eigenvalue weighted by atomic mass is 10.2. The maximum Gasteiger partial charge on any atom is 0.195 e.